The number of hydrogen-bond acceptors (Lipinski definition) is 3. The Bertz CT molecular complexity index is 170. The van der Waals surface area contributed by atoms with Crippen LogP contribution < -0.4 is 5.73 Å². The van der Waals surface area contributed by atoms with E-state index in [4.69, 9.17) is 5.73 Å². The summed E-state index contributed by atoms with van der Waals surface area (Å²) in [7, 11) is 0. The second-order valence-electron chi connectivity index (χ2n) is 5.36. The molecule has 1 rings (SSSR count). The predicted octanol–water partition coefficient (Wildman–Crippen LogP) is 1.39. The molecule has 0 bridgehead atoms. The van der Waals surface area contributed by atoms with Crippen molar-refractivity contribution in [2.75, 3.05) is 39.3 Å². The van der Waals surface area contributed by atoms with E-state index in [0.717, 1.165) is 12.5 Å². The van der Waals surface area contributed by atoms with Gasteiger partial charge in [-0.1, -0.05) is 20.8 Å². The van der Waals surface area contributed by atoms with Gasteiger partial charge in [-0.2, -0.15) is 0 Å². The highest BCUT2D eigenvalue weighted by atomic mass is 15.3. The fraction of sp³-hybridized carbons (Fsp3) is 1.00. The van der Waals surface area contributed by atoms with E-state index in [1.165, 1.54) is 45.6 Å². The highest BCUT2D eigenvalue weighted by molar-refractivity contribution is 4.78. The molecular weight excluding hydrogens is 198 g/mol. The topological polar surface area (TPSA) is 32.5 Å². The Morgan fingerprint density at radius 3 is 2.19 bits per heavy atom. The third kappa shape index (κ3) is 4.40. The summed E-state index contributed by atoms with van der Waals surface area (Å²) < 4.78 is 0. The molecule has 1 saturated heterocycles. The van der Waals surface area contributed by atoms with Gasteiger partial charge >= 0.3 is 0 Å². The van der Waals surface area contributed by atoms with E-state index in [9.17, 15) is 0 Å². The van der Waals surface area contributed by atoms with Crippen molar-refractivity contribution < 1.29 is 0 Å². The fourth-order valence-corrected chi connectivity index (χ4v) is 2.37. The van der Waals surface area contributed by atoms with Crippen LogP contribution in [-0.4, -0.2) is 55.1 Å². The highest BCUT2D eigenvalue weighted by Gasteiger charge is 2.21. The van der Waals surface area contributed by atoms with Gasteiger partial charge in [0.2, 0.25) is 0 Å². The standard InChI is InChI=1S/C13H29N3/c1-4-13(11-14)16-9-7-15(8-10-16)6-5-12(2)3/h12-13H,4-11,14H2,1-3H3. The summed E-state index contributed by atoms with van der Waals surface area (Å²) in [6.07, 6.45) is 2.51. The quantitative estimate of drug-likeness (QED) is 0.744. The number of hydrogen-bond donors (Lipinski definition) is 1. The lowest BCUT2D eigenvalue weighted by Gasteiger charge is -2.38. The first-order chi connectivity index (χ1) is 7.67. The van der Waals surface area contributed by atoms with Crippen LogP contribution in [0.1, 0.15) is 33.6 Å². The molecule has 0 aliphatic carbocycles. The van der Waals surface area contributed by atoms with Crippen molar-refractivity contribution in [1.29, 1.82) is 0 Å². The summed E-state index contributed by atoms with van der Waals surface area (Å²) in [6, 6.07) is 0.604. The van der Waals surface area contributed by atoms with Gasteiger partial charge in [0.05, 0.1) is 0 Å². The van der Waals surface area contributed by atoms with Gasteiger partial charge in [0.25, 0.3) is 0 Å². The maximum Gasteiger partial charge on any atom is 0.0216 e. The Balaban J connectivity index is 2.22. The Hall–Kier alpha value is -0.120. The van der Waals surface area contributed by atoms with Gasteiger partial charge in [-0.25, -0.2) is 0 Å². The third-order valence-corrected chi connectivity index (χ3v) is 3.69. The second-order valence-corrected chi connectivity index (χ2v) is 5.36. The van der Waals surface area contributed by atoms with E-state index in [2.05, 4.69) is 30.6 Å². The van der Waals surface area contributed by atoms with Crippen LogP contribution in [0.5, 0.6) is 0 Å². The third-order valence-electron chi connectivity index (χ3n) is 3.69. The fourth-order valence-electron chi connectivity index (χ4n) is 2.37. The smallest absolute Gasteiger partial charge is 0.0216 e. The minimum Gasteiger partial charge on any atom is -0.329 e. The molecule has 0 saturated carbocycles. The zero-order chi connectivity index (χ0) is 12.0. The zero-order valence-corrected chi connectivity index (χ0v) is 11.3. The van der Waals surface area contributed by atoms with Gasteiger partial charge in [0.15, 0.2) is 0 Å². The van der Waals surface area contributed by atoms with Crippen LogP contribution in [0.25, 0.3) is 0 Å². The lowest BCUT2D eigenvalue weighted by molar-refractivity contribution is 0.0940. The van der Waals surface area contributed by atoms with Crippen molar-refractivity contribution in [3.8, 4) is 0 Å². The van der Waals surface area contributed by atoms with E-state index < -0.39 is 0 Å². The minimum absolute atomic E-state index is 0.604. The summed E-state index contributed by atoms with van der Waals surface area (Å²) >= 11 is 0. The molecule has 0 spiro atoms. The van der Waals surface area contributed by atoms with Gasteiger partial charge in [-0.3, -0.25) is 4.90 Å². The van der Waals surface area contributed by atoms with E-state index in [-0.39, 0.29) is 0 Å². The summed E-state index contributed by atoms with van der Waals surface area (Å²) in [5.41, 5.74) is 5.79. The monoisotopic (exact) mass is 227 g/mol. The average Bonchev–Trinajstić information content (AvgIpc) is 2.29. The van der Waals surface area contributed by atoms with Crippen LogP contribution in [0.2, 0.25) is 0 Å². The number of nitrogens with zero attached hydrogens (tertiary/aromatic N) is 2. The lowest BCUT2D eigenvalue weighted by atomic mass is 10.1. The van der Waals surface area contributed by atoms with Crippen LogP contribution >= 0.6 is 0 Å². The Kier molecular flexibility index (Phi) is 6.32. The molecule has 16 heavy (non-hydrogen) atoms. The predicted molar refractivity (Wildman–Crippen MR) is 70.6 cm³/mol. The molecule has 1 aliphatic heterocycles. The molecule has 1 aliphatic rings. The van der Waals surface area contributed by atoms with E-state index in [1.54, 1.807) is 0 Å². The van der Waals surface area contributed by atoms with Gasteiger partial charge in [-0.05, 0) is 25.3 Å². The number of piperazine rings is 1. The van der Waals surface area contributed by atoms with Crippen molar-refractivity contribution in [2.24, 2.45) is 11.7 Å². The summed E-state index contributed by atoms with van der Waals surface area (Å²) in [5, 5.41) is 0. The number of nitrogens with two attached hydrogens (primary N) is 1. The van der Waals surface area contributed by atoms with Crippen molar-refractivity contribution >= 4 is 0 Å². The molecule has 0 amide bonds. The lowest BCUT2D eigenvalue weighted by Crippen LogP contribution is -2.52. The minimum atomic E-state index is 0.604. The average molecular weight is 227 g/mol. The Labute approximate surface area is 101 Å². The summed E-state index contributed by atoms with van der Waals surface area (Å²) in [4.78, 5) is 5.16. The Morgan fingerprint density at radius 1 is 1.12 bits per heavy atom. The van der Waals surface area contributed by atoms with Crippen LogP contribution in [0.3, 0.4) is 0 Å². The highest BCUT2D eigenvalue weighted by Crippen LogP contribution is 2.10. The maximum atomic E-state index is 5.79. The van der Waals surface area contributed by atoms with E-state index in [1.807, 2.05) is 0 Å². The first-order valence-corrected chi connectivity index (χ1v) is 6.83. The zero-order valence-electron chi connectivity index (χ0n) is 11.3. The van der Waals surface area contributed by atoms with Gasteiger partial charge < -0.3 is 10.6 Å². The molecule has 0 aromatic rings. The normalized spacial score (nSPS) is 21.6. The molecule has 3 heteroatoms. The molecule has 0 aromatic carbocycles. The molecule has 1 heterocycles. The molecule has 1 unspecified atom stereocenters. The molecule has 1 atom stereocenters. The van der Waals surface area contributed by atoms with Crippen LogP contribution in [0, 0.1) is 5.92 Å². The number of rotatable bonds is 6. The van der Waals surface area contributed by atoms with Crippen molar-refractivity contribution in [3.63, 3.8) is 0 Å². The maximum absolute atomic E-state index is 5.79. The first-order valence-electron chi connectivity index (χ1n) is 6.83. The summed E-state index contributed by atoms with van der Waals surface area (Å²) in [5.74, 6) is 0.825. The Morgan fingerprint density at radius 2 is 1.75 bits per heavy atom. The largest absolute Gasteiger partial charge is 0.329 e. The van der Waals surface area contributed by atoms with Gasteiger partial charge in [0.1, 0.15) is 0 Å². The first kappa shape index (κ1) is 13.9. The van der Waals surface area contributed by atoms with Gasteiger partial charge in [0, 0.05) is 38.8 Å². The molecule has 3 nitrogen and oxygen atoms in total. The van der Waals surface area contributed by atoms with Gasteiger partial charge in [-0.15, -0.1) is 0 Å². The van der Waals surface area contributed by atoms with Crippen molar-refractivity contribution in [3.05, 3.63) is 0 Å². The molecule has 1 fully saturated rings. The van der Waals surface area contributed by atoms with Crippen LogP contribution in [0.15, 0.2) is 0 Å². The van der Waals surface area contributed by atoms with Crippen LogP contribution in [-0.2, 0) is 0 Å². The second kappa shape index (κ2) is 7.25. The summed E-state index contributed by atoms with van der Waals surface area (Å²) in [6.45, 7) is 13.8. The van der Waals surface area contributed by atoms with E-state index in [0.29, 0.717) is 6.04 Å². The molecule has 96 valence electrons. The van der Waals surface area contributed by atoms with E-state index >= 15 is 0 Å². The van der Waals surface area contributed by atoms with Crippen molar-refractivity contribution in [1.82, 2.24) is 9.80 Å². The SMILES string of the molecule is CCC(CN)N1CCN(CCC(C)C)CC1. The molecular formula is C13H29N3. The molecule has 0 radical (unpaired) electrons. The molecule has 2 N–H and O–H groups in total. The molecule has 0 aromatic heterocycles. The van der Waals surface area contributed by atoms with Crippen molar-refractivity contribution in [2.45, 2.75) is 39.7 Å². The van der Waals surface area contributed by atoms with Crippen LogP contribution in [0.4, 0.5) is 0 Å².